The number of aliphatic hydroxyl groups is 1. The molecule has 1 saturated heterocycles. The summed E-state index contributed by atoms with van der Waals surface area (Å²) in [5.74, 6) is 0.702. The Labute approximate surface area is 108 Å². The molecule has 1 fully saturated rings. The molecule has 18 heavy (non-hydrogen) atoms. The van der Waals surface area contributed by atoms with Gasteiger partial charge in [-0.1, -0.05) is 12.8 Å². The van der Waals surface area contributed by atoms with E-state index in [0.717, 1.165) is 18.7 Å². The number of hydrogen-bond acceptors (Lipinski definition) is 4. The van der Waals surface area contributed by atoms with Crippen molar-refractivity contribution in [1.29, 1.82) is 0 Å². The molecule has 1 unspecified atom stereocenters. The van der Waals surface area contributed by atoms with Gasteiger partial charge in [0.1, 0.15) is 5.75 Å². The van der Waals surface area contributed by atoms with Crippen LogP contribution in [0.2, 0.25) is 0 Å². The number of methoxy groups -OCH3 is 1. The number of aliphatic hydroxyl groups excluding tert-OH is 1. The van der Waals surface area contributed by atoms with Gasteiger partial charge in [0.05, 0.1) is 25.4 Å². The highest BCUT2D eigenvalue weighted by Gasteiger charge is 2.21. The molecule has 1 atom stereocenters. The minimum Gasteiger partial charge on any atom is -0.495 e. The third kappa shape index (κ3) is 2.70. The van der Waals surface area contributed by atoms with E-state index in [4.69, 9.17) is 10.5 Å². The lowest BCUT2D eigenvalue weighted by Crippen LogP contribution is -2.37. The number of nitrogen functional groups attached to an aromatic ring is 1. The number of rotatable bonds is 3. The second-order valence-electron chi connectivity index (χ2n) is 4.81. The fraction of sp³-hybridized carbons (Fsp3) is 0.571. The van der Waals surface area contributed by atoms with Gasteiger partial charge in [-0.25, -0.2) is 0 Å². The second kappa shape index (κ2) is 5.96. The van der Waals surface area contributed by atoms with Crippen molar-refractivity contribution in [2.45, 2.75) is 31.7 Å². The quantitative estimate of drug-likeness (QED) is 0.806. The van der Waals surface area contributed by atoms with Crippen LogP contribution in [-0.4, -0.2) is 31.4 Å². The van der Waals surface area contributed by atoms with Gasteiger partial charge in [0, 0.05) is 18.3 Å². The molecule has 0 bridgehead atoms. The Kier molecular flexibility index (Phi) is 4.31. The van der Waals surface area contributed by atoms with Crippen LogP contribution in [0.5, 0.6) is 5.75 Å². The first-order valence-corrected chi connectivity index (χ1v) is 6.57. The summed E-state index contributed by atoms with van der Waals surface area (Å²) in [6.45, 7) is 1.19. The minimum atomic E-state index is 0.201. The van der Waals surface area contributed by atoms with Gasteiger partial charge in [0.15, 0.2) is 0 Å². The maximum Gasteiger partial charge on any atom is 0.143 e. The maximum atomic E-state index is 9.53. The fourth-order valence-corrected chi connectivity index (χ4v) is 2.59. The highest BCUT2D eigenvalue weighted by atomic mass is 16.5. The summed E-state index contributed by atoms with van der Waals surface area (Å²) in [4.78, 5) is 2.27. The van der Waals surface area contributed by atoms with Gasteiger partial charge in [-0.2, -0.15) is 0 Å². The summed E-state index contributed by atoms with van der Waals surface area (Å²) in [5, 5.41) is 9.53. The van der Waals surface area contributed by atoms with E-state index < -0.39 is 0 Å². The number of hydrogen-bond donors (Lipinski definition) is 2. The van der Waals surface area contributed by atoms with Crippen LogP contribution in [0.1, 0.15) is 25.7 Å². The lowest BCUT2D eigenvalue weighted by molar-refractivity contribution is 0.255. The predicted molar refractivity (Wildman–Crippen MR) is 74.1 cm³/mol. The van der Waals surface area contributed by atoms with Crippen LogP contribution < -0.4 is 15.4 Å². The largest absolute Gasteiger partial charge is 0.495 e. The zero-order valence-electron chi connectivity index (χ0n) is 10.9. The summed E-state index contributed by atoms with van der Waals surface area (Å²) in [6.07, 6.45) is 4.64. The predicted octanol–water partition coefficient (Wildman–Crippen LogP) is 2.02. The number of nitrogens with zero attached hydrogens (tertiary/aromatic N) is 1. The van der Waals surface area contributed by atoms with Gasteiger partial charge in [-0.3, -0.25) is 0 Å². The van der Waals surface area contributed by atoms with Crippen LogP contribution in [0.25, 0.3) is 0 Å². The van der Waals surface area contributed by atoms with E-state index in [-0.39, 0.29) is 12.6 Å². The number of benzene rings is 1. The zero-order chi connectivity index (χ0) is 13.0. The first-order chi connectivity index (χ1) is 8.76. The van der Waals surface area contributed by atoms with Gasteiger partial charge < -0.3 is 20.5 Å². The van der Waals surface area contributed by atoms with Crippen molar-refractivity contribution in [3.8, 4) is 5.75 Å². The molecule has 0 spiro atoms. The lowest BCUT2D eigenvalue weighted by atomic mass is 10.1. The van der Waals surface area contributed by atoms with E-state index in [2.05, 4.69) is 4.90 Å². The normalized spacial score (nSPS) is 20.6. The molecule has 1 aromatic rings. The second-order valence-corrected chi connectivity index (χ2v) is 4.81. The highest BCUT2D eigenvalue weighted by Crippen LogP contribution is 2.30. The SMILES string of the molecule is COc1cc(N2CCCCCC2CO)ccc1N. The standard InChI is InChI=1S/C14H22N2O2/c1-18-14-9-11(6-7-13(14)15)16-8-4-2-3-5-12(16)10-17/h6-7,9,12,17H,2-5,8,10,15H2,1H3. The van der Waals surface area contributed by atoms with Crippen molar-refractivity contribution < 1.29 is 9.84 Å². The van der Waals surface area contributed by atoms with E-state index in [1.54, 1.807) is 7.11 Å². The van der Waals surface area contributed by atoms with Crippen molar-refractivity contribution in [2.75, 3.05) is 30.9 Å². The molecule has 0 aliphatic carbocycles. The molecule has 1 heterocycles. The van der Waals surface area contributed by atoms with Gasteiger partial charge in [-0.15, -0.1) is 0 Å². The summed E-state index contributed by atoms with van der Waals surface area (Å²) >= 11 is 0. The number of ether oxygens (including phenoxy) is 1. The molecule has 3 N–H and O–H groups in total. The number of nitrogens with two attached hydrogens (primary N) is 1. The molecular weight excluding hydrogens is 228 g/mol. The molecular formula is C14H22N2O2. The van der Waals surface area contributed by atoms with Gasteiger partial charge in [0.25, 0.3) is 0 Å². The maximum absolute atomic E-state index is 9.53. The summed E-state index contributed by atoms with van der Waals surface area (Å²) in [6, 6.07) is 6.05. The Hall–Kier alpha value is -1.42. The van der Waals surface area contributed by atoms with E-state index in [1.165, 1.54) is 19.3 Å². The van der Waals surface area contributed by atoms with Crippen molar-refractivity contribution in [1.82, 2.24) is 0 Å². The average Bonchev–Trinajstić information content (AvgIpc) is 2.64. The van der Waals surface area contributed by atoms with E-state index >= 15 is 0 Å². The van der Waals surface area contributed by atoms with Crippen molar-refractivity contribution in [3.05, 3.63) is 18.2 Å². The van der Waals surface area contributed by atoms with E-state index in [0.29, 0.717) is 11.4 Å². The van der Waals surface area contributed by atoms with Crippen LogP contribution in [0, 0.1) is 0 Å². The molecule has 1 aliphatic heterocycles. The van der Waals surface area contributed by atoms with E-state index in [9.17, 15) is 5.11 Å². The molecule has 0 radical (unpaired) electrons. The topological polar surface area (TPSA) is 58.7 Å². The zero-order valence-corrected chi connectivity index (χ0v) is 10.9. The molecule has 1 aromatic carbocycles. The highest BCUT2D eigenvalue weighted by molar-refractivity contribution is 5.62. The molecule has 0 saturated carbocycles. The van der Waals surface area contributed by atoms with Crippen LogP contribution in [0.4, 0.5) is 11.4 Å². The smallest absolute Gasteiger partial charge is 0.143 e. The van der Waals surface area contributed by atoms with Gasteiger partial charge in [-0.05, 0) is 25.0 Å². The molecule has 0 aromatic heterocycles. The Morgan fingerprint density at radius 1 is 1.39 bits per heavy atom. The molecule has 0 amide bonds. The number of anilines is 2. The Balaban J connectivity index is 2.26. The van der Waals surface area contributed by atoms with E-state index in [1.807, 2.05) is 18.2 Å². The fourth-order valence-electron chi connectivity index (χ4n) is 2.59. The third-order valence-electron chi connectivity index (χ3n) is 3.64. The summed E-state index contributed by atoms with van der Waals surface area (Å²) in [5.41, 5.74) is 7.57. The summed E-state index contributed by atoms with van der Waals surface area (Å²) in [7, 11) is 1.63. The van der Waals surface area contributed by atoms with Gasteiger partial charge >= 0.3 is 0 Å². The molecule has 4 nitrogen and oxygen atoms in total. The van der Waals surface area contributed by atoms with Crippen LogP contribution in [0.3, 0.4) is 0 Å². The summed E-state index contributed by atoms with van der Waals surface area (Å²) < 4.78 is 5.26. The average molecular weight is 250 g/mol. The molecule has 1 aliphatic rings. The molecule has 2 rings (SSSR count). The minimum absolute atomic E-state index is 0.201. The van der Waals surface area contributed by atoms with Crippen LogP contribution in [0.15, 0.2) is 18.2 Å². The molecule has 4 heteroatoms. The third-order valence-corrected chi connectivity index (χ3v) is 3.64. The lowest BCUT2D eigenvalue weighted by Gasteiger charge is -2.31. The van der Waals surface area contributed by atoms with Crippen molar-refractivity contribution in [2.24, 2.45) is 0 Å². The Morgan fingerprint density at radius 3 is 2.94 bits per heavy atom. The first kappa shape index (κ1) is 13.0. The Bertz CT molecular complexity index is 395. The molecule has 100 valence electrons. The van der Waals surface area contributed by atoms with Crippen LogP contribution in [-0.2, 0) is 0 Å². The monoisotopic (exact) mass is 250 g/mol. The van der Waals surface area contributed by atoms with Crippen molar-refractivity contribution in [3.63, 3.8) is 0 Å². The first-order valence-electron chi connectivity index (χ1n) is 6.57. The van der Waals surface area contributed by atoms with Crippen LogP contribution >= 0.6 is 0 Å². The van der Waals surface area contributed by atoms with Crippen molar-refractivity contribution >= 4 is 11.4 Å². The Morgan fingerprint density at radius 2 is 2.22 bits per heavy atom. The van der Waals surface area contributed by atoms with Gasteiger partial charge in [0.2, 0.25) is 0 Å².